The van der Waals surface area contributed by atoms with E-state index in [4.69, 9.17) is 10.8 Å². The van der Waals surface area contributed by atoms with Gasteiger partial charge >= 0.3 is 5.97 Å². The predicted octanol–water partition coefficient (Wildman–Crippen LogP) is -0.417. The Morgan fingerprint density at radius 2 is 1.80 bits per heavy atom. The third-order valence-corrected chi connectivity index (χ3v) is 2.52. The molecule has 107 valence electrons. The molecule has 7 nitrogen and oxygen atoms in total. The summed E-state index contributed by atoms with van der Waals surface area (Å²) in [4.78, 5) is 33.2. The number of carbonyl (C=O) groups excluding carboxylic acids is 2. The van der Waals surface area contributed by atoms with Gasteiger partial charge in [-0.1, -0.05) is 30.3 Å². The molecule has 0 bridgehead atoms. The lowest BCUT2D eigenvalue weighted by Gasteiger charge is -2.13. The van der Waals surface area contributed by atoms with Crippen LogP contribution in [-0.2, 0) is 20.8 Å². The molecule has 3 radical (unpaired) electrons. The molecule has 0 heterocycles. The topological polar surface area (TPSA) is 140 Å². The van der Waals surface area contributed by atoms with Crippen molar-refractivity contribution in [1.29, 1.82) is 0 Å². The van der Waals surface area contributed by atoms with Gasteiger partial charge in [-0.2, -0.15) is 0 Å². The number of benzene rings is 1. The van der Waals surface area contributed by atoms with Crippen molar-refractivity contribution in [3.63, 3.8) is 0 Å². The normalized spacial score (nSPS) is 11.0. The molecule has 0 saturated heterocycles. The van der Waals surface area contributed by atoms with Crippen LogP contribution in [0.1, 0.15) is 18.4 Å². The maximum Gasteiger partial charge on any atom is 0.326 e. The molecule has 1 aromatic rings. The molecule has 20 heavy (non-hydrogen) atoms. The molecule has 0 unspecified atom stereocenters. The number of hydrogen-bond acceptors (Lipinski definition) is 3. The van der Waals surface area contributed by atoms with Crippen molar-refractivity contribution in [2.45, 2.75) is 25.3 Å². The van der Waals surface area contributed by atoms with Crippen LogP contribution in [0.25, 0.3) is 0 Å². The Labute approximate surface area is 116 Å². The minimum Gasteiger partial charge on any atom is -0.480 e. The number of carboxylic acids is 1. The van der Waals surface area contributed by atoms with Crippen molar-refractivity contribution < 1.29 is 19.5 Å². The van der Waals surface area contributed by atoms with Crippen LogP contribution in [0, 0.1) is 0 Å². The molecule has 4 N–H and O–H groups in total. The number of aliphatic carboxylic acids is 1. The van der Waals surface area contributed by atoms with Gasteiger partial charge in [-0.05, 0) is 12.0 Å². The second-order valence-electron chi connectivity index (χ2n) is 4.13. The Kier molecular flexibility index (Phi) is 7.61. The van der Waals surface area contributed by atoms with E-state index < -0.39 is 23.8 Å². The molecule has 0 aliphatic heterocycles. The second-order valence-corrected chi connectivity index (χ2v) is 4.13. The quantitative estimate of drug-likeness (QED) is 0.623. The molecule has 1 aromatic carbocycles. The van der Waals surface area contributed by atoms with E-state index in [0.29, 0.717) is 0 Å². The van der Waals surface area contributed by atoms with Crippen molar-refractivity contribution in [1.82, 2.24) is 11.5 Å². The van der Waals surface area contributed by atoms with Gasteiger partial charge in [0.05, 0.1) is 6.42 Å². The van der Waals surface area contributed by atoms with Gasteiger partial charge in [0.2, 0.25) is 11.8 Å². The first-order chi connectivity index (χ1) is 8.99. The lowest BCUT2D eigenvalue weighted by Crippen LogP contribution is -2.42. The largest absolute Gasteiger partial charge is 0.480 e. The number of amides is 2. The number of nitrogens with one attached hydrogen (secondary N) is 1. The zero-order valence-electron chi connectivity index (χ0n) is 10.8. The summed E-state index contributed by atoms with van der Waals surface area (Å²) < 4.78 is 0. The summed E-state index contributed by atoms with van der Waals surface area (Å²) in [5.74, 6) is -2.17. The highest BCUT2D eigenvalue weighted by Gasteiger charge is 2.20. The first-order valence-corrected chi connectivity index (χ1v) is 5.83. The van der Waals surface area contributed by atoms with E-state index in [1.165, 1.54) is 0 Å². The Hall–Kier alpha value is -2.41. The average molecular weight is 278 g/mol. The van der Waals surface area contributed by atoms with E-state index in [0.717, 1.165) is 5.56 Å². The maximum absolute atomic E-state index is 11.7. The third-order valence-electron chi connectivity index (χ3n) is 2.52. The summed E-state index contributed by atoms with van der Waals surface area (Å²) in [5, 5.41) is 11.3. The Morgan fingerprint density at radius 1 is 1.20 bits per heavy atom. The summed E-state index contributed by atoms with van der Waals surface area (Å²) in [7, 11) is 0. The zero-order valence-corrected chi connectivity index (χ0v) is 10.8. The van der Waals surface area contributed by atoms with Crippen LogP contribution in [0.5, 0.6) is 0 Å². The predicted molar refractivity (Wildman–Crippen MR) is 70.3 cm³/mol. The highest BCUT2D eigenvalue weighted by Crippen LogP contribution is 2.02. The van der Waals surface area contributed by atoms with Crippen molar-refractivity contribution in [3.8, 4) is 0 Å². The van der Waals surface area contributed by atoms with Crippen LogP contribution in [0.2, 0.25) is 0 Å². The van der Waals surface area contributed by atoms with Crippen molar-refractivity contribution >= 4 is 17.8 Å². The maximum atomic E-state index is 11.7. The number of carbonyl (C=O) groups is 3. The summed E-state index contributed by atoms with van der Waals surface area (Å²) in [5.41, 5.74) is 5.74. The fourth-order valence-electron chi connectivity index (χ4n) is 1.57. The van der Waals surface area contributed by atoms with Crippen LogP contribution in [0.3, 0.4) is 0 Å². The molecule has 0 fully saturated rings. The van der Waals surface area contributed by atoms with E-state index in [2.05, 4.69) is 5.32 Å². The number of primary amides is 1. The van der Waals surface area contributed by atoms with Gasteiger partial charge in [-0.25, -0.2) is 4.79 Å². The van der Waals surface area contributed by atoms with E-state index in [1.54, 1.807) is 24.3 Å². The van der Waals surface area contributed by atoms with Crippen LogP contribution in [0.15, 0.2) is 30.3 Å². The first kappa shape index (κ1) is 17.6. The molecule has 0 saturated carbocycles. The first-order valence-electron chi connectivity index (χ1n) is 5.83. The molecule has 1 atom stereocenters. The molecule has 2 amide bonds. The highest BCUT2D eigenvalue weighted by atomic mass is 16.4. The monoisotopic (exact) mass is 278 g/mol. The molecule has 0 aliphatic rings. The minimum absolute atomic E-state index is 0. The number of nitrogens with zero attached hydrogens (tertiary/aromatic N) is 1. The van der Waals surface area contributed by atoms with E-state index in [-0.39, 0.29) is 25.4 Å². The van der Waals surface area contributed by atoms with Gasteiger partial charge in [0.15, 0.2) is 0 Å². The number of rotatable bonds is 7. The van der Waals surface area contributed by atoms with Gasteiger partial charge in [0.25, 0.3) is 0 Å². The molecule has 0 spiro atoms. The molecule has 0 aromatic heterocycles. The molecule has 0 aliphatic carbocycles. The molecule has 1 rings (SSSR count). The van der Waals surface area contributed by atoms with Gasteiger partial charge < -0.3 is 16.2 Å². The second kappa shape index (κ2) is 8.65. The van der Waals surface area contributed by atoms with Crippen LogP contribution in [0.4, 0.5) is 0 Å². The van der Waals surface area contributed by atoms with Crippen molar-refractivity contribution in [2.24, 2.45) is 5.73 Å². The van der Waals surface area contributed by atoms with Crippen LogP contribution >= 0.6 is 0 Å². The van der Waals surface area contributed by atoms with Gasteiger partial charge in [-0.15, -0.1) is 0 Å². The molecular formula is C13H16N3O4. The Bertz CT molecular complexity index is 462. The molecular weight excluding hydrogens is 262 g/mol. The zero-order chi connectivity index (χ0) is 14.3. The fourth-order valence-corrected chi connectivity index (χ4v) is 1.57. The van der Waals surface area contributed by atoms with Gasteiger partial charge in [0, 0.05) is 12.6 Å². The van der Waals surface area contributed by atoms with E-state index >= 15 is 0 Å². The number of hydrogen-bond donors (Lipinski definition) is 3. The average Bonchev–Trinajstić information content (AvgIpc) is 2.35. The number of nitrogens with two attached hydrogens (primary N) is 1. The van der Waals surface area contributed by atoms with E-state index in [9.17, 15) is 14.4 Å². The summed E-state index contributed by atoms with van der Waals surface area (Å²) >= 11 is 0. The van der Waals surface area contributed by atoms with Crippen molar-refractivity contribution in [3.05, 3.63) is 35.9 Å². The summed E-state index contributed by atoms with van der Waals surface area (Å²) in [6, 6.07) is 7.88. The van der Waals surface area contributed by atoms with Gasteiger partial charge in [0.1, 0.15) is 6.04 Å². The molecule has 7 heteroatoms. The third kappa shape index (κ3) is 6.50. The smallest absolute Gasteiger partial charge is 0.326 e. The van der Waals surface area contributed by atoms with Crippen LogP contribution in [-0.4, -0.2) is 28.9 Å². The standard InChI is InChI=1S/C13H16N2O4.N/c14-11(16)7-6-10(13(18)19)15-12(17)8-9-4-2-1-3-5-9;/h1-5,10H,6-8H2,(H2,14,16)(H,15,17)(H,18,19);/t10-;/m0./s1. The minimum atomic E-state index is -1.18. The summed E-state index contributed by atoms with van der Waals surface area (Å²) in [6.45, 7) is 0. The SMILES string of the molecule is NC(=O)CC[C@H](NC(=O)Cc1ccccc1)C(=O)O.[N]. The Morgan fingerprint density at radius 3 is 2.30 bits per heavy atom. The van der Waals surface area contributed by atoms with Gasteiger partial charge in [-0.3, -0.25) is 9.59 Å². The van der Waals surface area contributed by atoms with Crippen LogP contribution < -0.4 is 17.2 Å². The van der Waals surface area contributed by atoms with Crippen molar-refractivity contribution in [2.75, 3.05) is 0 Å². The summed E-state index contributed by atoms with van der Waals surface area (Å²) in [6.07, 6.45) is 0.00890. The van der Waals surface area contributed by atoms with E-state index in [1.807, 2.05) is 6.07 Å². The lowest BCUT2D eigenvalue weighted by molar-refractivity contribution is -0.142. The fraction of sp³-hybridized carbons (Fsp3) is 0.308. The number of carboxylic acid groups (broad SMARTS) is 1. The lowest BCUT2D eigenvalue weighted by atomic mass is 10.1. The Balaban J connectivity index is 0.00000361. The highest BCUT2D eigenvalue weighted by molar-refractivity contribution is 5.85.